The fourth-order valence-corrected chi connectivity index (χ4v) is 1.78. The van der Waals surface area contributed by atoms with E-state index in [0.29, 0.717) is 5.69 Å². The first-order valence-electron chi connectivity index (χ1n) is 6.54. The fraction of sp³-hybridized carbons (Fsp3) is 0.333. The first kappa shape index (κ1) is 14.3. The van der Waals surface area contributed by atoms with E-state index in [-0.39, 0.29) is 11.3 Å². The lowest BCUT2D eigenvalue weighted by Gasteiger charge is -2.25. The number of aromatic amines is 1. The Labute approximate surface area is 118 Å². The molecule has 5 heteroatoms. The maximum atomic E-state index is 12.1. The van der Waals surface area contributed by atoms with Crippen LogP contribution in [0.5, 0.6) is 0 Å². The second-order valence-corrected chi connectivity index (χ2v) is 5.85. The van der Waals surface area contributed by atoms with Crippen LogP contribution in [0.25, 0.3) is 11.4 Å². The van der Waals surface area contributed by atoms with Crippen LogP contribution < -0.4 is 11.1 Å². The number of rotatable bonds is 3. The molecule has 1 aromatic heterocycles. The molecule has 0 fully saturated rings. The van der Waals surface area contributed by atoms with E-state index in [1.165, 1.54) is 0 Å². The number of nitrogens with one attached hydrogen (secondary N) is 2. The molecule has 0 saturated heterocycles. The highest BCUT2D eigenvalue weighted by Crippen LogP contribution is 2.21. The Hall–Kier alpha value is -2.14. The largest absolute Gasteiger partial charge is 0.345 e. The van der Waals surface area contributed by atoms with Crippen LogP contribution in [0.2, 0.25) is 0 Å². The van der Waals surface area contributed by atoms with Crippen molar-refractivity contribution in [3.63, 3.8) is 0 Å². The molecule has 2 rings (SSSR count). The number of hydrogen-bond donors (Lipinski definition) is 3. The Morgan fingerprint density at radius 1 is 1.40 bits per heavy atom. The van der Waals surface area contributed by atoms with E-state index in [0.717, 1.165) is 11.4 Å². The third kappa shape index (κ3) is 3.24. The lowest BCUT2D eigenvalue weighted by Crippen LogP contribution is -2.45. The van der Waals surface area contributed by atoms with Crippen LogP contribution in [0.1, 0.15) is 20.8 Å². The van der Waals surface area contributed by atoms with Crippen LogP contribution in [0.3, 0.4) is 0 Å². The monoisotopic (exact) mass is 272 g/mol. The van der Waals surface area contributed by atoms with Crippen molar-refractivity contribution in [2.24, 2.45) is 11.1 Å². The summed E-state index contributed by atoms with van der Waals surface area (Å²) < 4.78 is 0. The summed E-state index contributed by atoms with van der Waals surface area (Å²) in [5.41, 5.74) is 7.29. The van der Waals surface area contributed by atoms with Crippen molar-refractivity contribution in [1.29, 1.82) is 0 Å². The zero-order chi connectivity index (χ0) is 14.8. The molecular formula is C15H20N4O. The molecule has 4 N–H and O–H groups in total. The average molecular weight is 272 g/mol. The van der Waals surface area contributed by atoms with Crippen LogP contribution in [0.4, 0.5) is 5.69 Å². The van der Waals surface area contributed by atoms with E-state index in [9.17, 15) is 4.79 Å². The predicted molar refractivity (Wildman–Crippen MR) is 80.1 cm³/mol. The average Bonchev–Trinajstić information content (AvgIpc) is 2.91. The Morgan fingerprint density at radius 3 is 2.75 bits per heavy atom. The molecule has 0 aliphatic carbocycles. The summed E-state index contributed by atoms with van der Waals surface area (Å²) in [4.78, 5) is 19.3. The second-order valence-electron chi connectivity index (χ2n) is 5.85. The van der Waals surface area contributed by atoms with E-state index < -0.39 is 6.04 Å². The third-order valence-corrected chi connectivity index (χ3v) is 3.12. The Balaban J connectivity index is 2.15. The zero-order valence-corrected chi connectivity index (χ0v) is 12.0. The van der Waals surface area contributed by atoms with Crippen molar-refractivity contribution in [3.8, 4) is 11.4 Å². The molecule has 20 heavy (non-hydrogen) atoms. The van der Waals surface area contributed by atoms with Crippen molar-refractivity contribution in [2.45, 2.75) is 26.8 Å². The van der Waals surface area contributed by atoms with Gasteiger partial charge in [0.15, 0.2) is 0 Å². The molecule has 1 atom stereocenters. The molecule has 0 aliphatic rings. The van der Waals surface area contributed by atoms with Gasteiger partial charge in [-0.15, -0.1) is 0 Å². The number of imidazole rings is 1. The highest BCUT2D eigenvalue weighted by atomic mass is 16.2. The Kier molecular flexibility index (Phi) is 3.90. The van der Waals surface area contributed by atoms with Crippen molar-refractivity contribution in [2.75, 3.05) is 5.32 Å². The summed E-state index contributed by atoms with van der Waals surface area (Å²) in [5.74, 6) is 0.579. The number of nitrogens with two attached hydrogens (primary N) is 1. The lowest BCUT2D eigenvalue weighted by molar-refractivity contribution is -0.119. The summed E-state index contributed by atoms with van der Waals surface area (Å²) in [7, 11) is 0. The molecule has 0 bridgehead atoms. The van der Waals surface area contributed by atoms with E-state index in [2.05, 4.69) is 15.3 Å². The van der Waals surface area contributed by atoms with Crippen LogP contribution in [-0.2, 0) is 4.79 Å². The minimum absolute atomic E-state index is 0.186. The van der Waals surface area contributed by atoms with E-state index >= 15 is 0 Å². The zero-order valence-electron chi connectivity index (χ0n) is 12.0. The van der Waals surface area contributed by atoms with Crippen LogP contribution in [0, 0.1) is 5.41 Å². The molecule has 5 nitrogen and oxygen atoms in total. The van der Waals surface area contributed by atoms with E-state index in [1.54, 1.807) is 12.4 Å². The molecule has 0 unspecified atom stereocenters. The SMILES string of the molecule is CC(C)(C)[C@H](N)C(=O)Nc1cccc(-c2ncc[nH]2)c1. The number of amides is 1. The smallest absolute Gasteiger partial charge is 0.241 e. The Bertz CT molecular complexity index is 584. The van der Waals surface area contributed by atoms with Gasteiger partial charge in [-0.05, 0) is 17.5 Å². The van der Waals surface area contributed by atoms with Gasteiger partial charge in [-0.3, -0.25) is 4.79 Å². The maximum Gasteiger partial charge on any atom is 0.241 e. The van der Waals surface area contributed by atoms with Gasteiger partial charge in [-0.1, -0.05) is 32.9 Å². The summed E-state index contributed by atoms with van der Waals surface area (Å²) >= 11 is 0. The first-order chi connectivity index (χ1) is 9.38. The molecule has 2 aromatic rings. The number of nitrogens with zero attached hydrogens (tertiary/aromatic N) is 1. The minimum Gasteiger partial charge on any atom is -0.345 e. The summed E-state index contributed by atoms with van der Waals surface area (Å²) in [6.07, 6.45) is 3.45. The summed E-state index contributed by atoms with van der Waals surface area (Å²) in [6.45, 7) is 5.82. The fourth-order valence-electron chi connectivity index (χ4n) is 1.78. The highest BCUT2D eigenvalue weighted by molar-refractivity contribution is 5.95. The normalized spacial score (nSPS) is 13.0. The molecule has 1 amide bonds. The highest BCUT2D eigenvalue weighted by Gasteiger charge is 2.27. The van der Waals surface area contributed by atoms with Crippen molar-refractivity contribution < 1.29 is 4.79 Å². The number of hydrogen-bond acceptors (Lipinski definition) is 3. The number of H-pyrrole nitrogens is 1. The molecule has 0 radical (unpaired) electrons. The topological polar surface area (TPSA) is 83.8 Å². The van der Waals surface area contributed by atoms with Crippen molar-refractivity contribution >= 4 is 11.6 Å². The Morgan fingerprint density at radius 2 is 2.15 bits per heavy atom. The van der Waals surface area contributed by atoms with Gasteiger partial charge in [0.2, 0.25) is 5.91 Å². The van der Waals surface area contributed by atoms with Crippen LogP contribution in [-0.4, -0.2) is 21.9 Å². The molecule has 106 valence electrons. The summed E-state index contributed by atoms with van der Waals surface area (Å²) in [5, 5.41) is 2.84. The van der Waals surface area contributed by atoms with Gasteiger partial charge in [0.25, 0.3) is 0 Å². The van der Waals surface area contributed by atoms with Gasteiger partial charge in [-0.25, -0.2) is 4.98 Å². The van der Waals surface area contributed by atoms with Gasteiger partial charge in [0.1, 0.15) is 5.82 Å². The number of carbonyl (C=O) groups is 1. The standard InChI is InChI=1S/C15H20N4O/c1-15(2,3)12(16)14(20)19-11-6-4-5-10(9-11)13-17-7-8-18-13/h4-9,12H,16H2,1-3H3,(H,17,18)(H,19,20)/t12-/m1/s1. The molecule has 1 heterocycles. The van der Waals surface area contributed by atoms with Gasteiger partial charge in [0, 0.05) is 23.6 Å². The number of benzene rings is 1. The van der Waals surface area contributed by atoms with Crippen molar-refractivity contribution in [1.82, 2.24) is 9.97 Å². The molecule has 0 aliphatic heterocycles. The second kappa shape index (κ2) is 5.46. The van der Waals surface area contributed by atoms with Crippen molar-refractivity contribution in [3.05, 3.63) is 36.7 Å². The predicted octanol–water partition coefficient (Wildman–Crippen LogP) is 2.39. The lowest BCUT2D eigenvalue weighted by atomic mass is 9.87. The van der Waals surface area contributed by atoms with Crippen LogP contribution >= 0.6 is 0 Å². The van der Waals surface area contributed by atoms with Gasteiger partial charge in [-0.2, -0.15) is 0 Å². The molecular weight excluding hydrogens is 252 g/mol. The minimum atomic E-state index is -0.560. The molecule has 0 saturated carbocycles. The third-order valence-electron chi connectivity index (χ3n) is 3.12. The first-order valence-corrected chi connectivity index (χ1v) is 6.54. The molecule has 1 aromatic carbocycles. The summed E-state index contributed by atoms with van der Waals surface area (Å²) in [6, 6.07) is 6.94. The van der Waals surface area contributed by atoms with E-state index in [1.807, 2.05) is 45.0 Å². The maximum absolute atomic E-state index is 12.1. The van der Waals surface area contributed by atoms with E-state index in [4.69, 9.17) is 5.73 Å². The molecule has 0 spiro atoms. The quantitative estimate of drug-likeness (QED) is 0.802. The number of aromatic nitrogens is 2. The number of carbonyl (C=O) groups excluding carboxylic acids is 1. The van der Waals surface area contributed by atoms with Gasteiger partial charge in [0.05, 0.1) is 6.04 Å². The van der Waals surface area contributed by atoms with Gasteiger partial charge >= 0.3 is 0 Å². The number of anilines is 1. The van der Waals surface area contributed by atoms with Gasteiger partial charge < -0.3 is 16.0 Å². The van der Waals surface area contributed by atoms with Crippen LogP contribution in [0.15, 0.2) is 36.7 Å².